The SMILES string of the molecule is C=CCOC(C)=O.CC(=O)COCC(F)(F)F.CC(=O)COCc1ccccc1.COC(C)=O.COCC(C)=O. The molecule has 0 aliphatic rings. The van der Waals surface area contributed by atoms with Gasteiger partial charge in [0, 0.05) is 21.0 Å². The number of alkyl halides is 3. The molecule has 0 unspecified atom stereocenters. The highest BCUT2D eigenvalue weighted by molar-refractivity contribution is 5.77. The van der Waals surface area contributed by atoms with Crippen molar-refractivity contribution in [2.75, 3.05) is 47.3 Å². The van der Waals surface area contributed by atoms with Gasteiger partial charge >= 0.3 is 18.1 Å². The minimum atomic E-state index is -4.34. The zero-order chi connectivity index (χ0) is 32.0. The molecule has 0 bridgehead atoms. The van der Waals surface area contributed by atoms with Gasteiger partial charge in [-0.3, -0.25) is 24.0 Å². The Kier molecular flexibility index (Phi) is 32.9. The fraction of sp³-hybridized carbons (Fsp3) is 0.519. The number of rotatable bonds is 11. The summed E-state index contributed by atoms with van der Waals surface area (Å²) in [5, 5.41) is 0. The van der Waals surface area contributed by atoms with Crippen molar-refractivity contribution in [3.05, 3.63) is 48.6 Å². The molecule has 10 nitrogen and oxygen atoms in total. The Morgan fingerprint density at radius 2 is 1.23 bits per heavy atom. The Balaban J connectivity index is -0.000000211. The highest BCUT2D eigenvalue weighted by Crippen LogP contribution is 2.14. The van der Waals surface area contributed by atoms with Gasteiger partial charge in [0.25, 0.3) is 0 Å². The summed E-state index contributed by atoms with van der Waals surface area (Å²) in [6.45, 7) is 9.69. The summed E-state index contributed by atoms with van der Waals surface area (Å²) < 4.78 is 55.9. The number of ketones is 3. The molecule has 0 atom stereocenters. The minimum Gasteiger partial charge on any atom is -0.469 e. The van der Waals surface area contributed by atoms with E-state index in [0.29, 0.717) is 13.2 Å². The maximum atomic E-state index is 11.3. The number of hydrogen-bond acceptors (Lipinski definition) is 10. The average molecular weight is 583 g/mol. The molecule has 1 rings (SSSR count). The fourth-order valence-corrected chi connectivity index (χ4v) is 1.58. The lowest BCUT2D eigenvalue weighted by molar-refractivity contribution is -0.175. The van der Waals surface area contributed by atoms with Gasteiger partial charge in [-0.15, -0.1) is 0 Å². The second-order valence-corrected chi connectivity index (χ2v) is 7.41. The lowest BCUT2D eigenvalue weighted by Crippen LogP contribution is -2.19. The van der Waals surface area contributed by atoms with Crippen molar-refractivity contribution in [2.45, 2.75) is 47.4 Å². The van der Waals surface area contributed by atoms with Crippen LogP contribution in [0.1, 0.15) is 40.2 Å². The number of methoxy groups -OCH3 is 2. The first-order valence-corrected chi connectivity index (χ1v) is 11.5. The van der Waals surface area contributed by atoms with Crippen molar-refractivity contribution in [3.63, 3.8) is 0 Å². The summed E-state index contributed by atoms with van der Waals surface area (Å²) in [6, 6.07) is 9.80. The Hall–Kier alpha value is -3.42. The Bertz CT molecular complexity index is 826. The van der Waals surface area contributed by atoms with E-state index >= 15 is 0 Å². The monoisotopic (exact) mass is 582 g/mol. The fourth-order valence-electron chi connectivity index (χ4n) is 1.58. The van der Waals surface area contributed by atoms with Gasteiger partial charge in [0.15, 0.2) is 17.3 Å². The lowest BCUT2D eigenvalue weighted by atomic mass is 10.2. The largest absolute Gasteiger partial charge is 0.469 e. The molecule has 1 aromatic carbocycles. The molecule has 0 aliphatic heterocycles. The van der Waals surface area contributed by atoms with E-state index in [9.17, 15) is 37.1 Å². The minimum absolute atomic E-state index is 0.0610. The second-order valence-electron chi connectivity index (χ2n) is 7.41. The number of halogens is 3. The van der Waals surface area contributed by atoms with Gasteiger partial charge in [-0.1, -0.05) is 43.0 Å². The van der Waals surface area contributed by atoms with Gasteiger partial charge in [-0.05, 0) is 26.3 Å². The van der Waals surface area contributed by atoms with E-state index < -0.39 is 25.2 Å². The molecule has 0 aromatic heterocycles. The van der Waals surface area contributed by atoms with Crippen LogP contribution in [0.25, 0.3) is 0 Å². The molecule has 0 heterocycles. The van der Waals surface area contributed by atoms with Gasteiger partial charge in [0.1, 0.15) is 33.0 Å². The number of carbonyl (C=O) groups is 5. The maximum Gasteiger partial charge on any atom is 0.411 e. The van der Waals surface area contributed by atoms with Gasteiger partial charge < -0.3 is 23.7 Å². The molecule has 40 heavy (non-hydrogen) atoms. The van der Waals surface area contributed by atoms with Crippen LogP contribution in [0.5, 0.6) is 0 Å². The predicted octanol–water partition coefficient (Wildman–Crippen LogP) is 4.08. The topological polar surface area (TPSA) is 132 Å². The summed E-state index contributed by atoms with van der Waals surface area (Å²) in [6.07, 6.45) is -2.81. The number of carbonyl (C=O) groups excluding carboxylic acids is 5. The molecule has 0 amide bonds. The van der Waals surface area contributed by atoms with Crippen LogP contribution in [-0.4, -0.2) is 82.7 Å². The molecule has 0 aliphatic carbocycles. The smallest absolute Gasteiger partial charge is 0.411 e. The highest BCUT2D eigenvalue weighted by atomic mass is 19.4. The molecule has 1 aromatic rings. The van der Waals surface area contributed by atoms with Crippen molar-refractivity contribution in [1.82, 2.24) is 0 Å². The van der Waals surface area contributed by atoms with E-state index in [2.05, 4.69) is 25.5 Å². The summed E-state index contributed by atoms with van der Waals surface area (Å²) in [4.78, 5) is 50.0. The molecule has 230 valence electrons. The number of benzene rings is 1. The molecule has 0 N–H and O–H groups in total. The standard InChI is InChI=1S/C10H12O2.C5H7F3O2.C5H8O2.C4H8O2.C3H6O2/c1-9(11)7-12-8-10-5-3-2-4-6-10;1-4(9)2-10-3-5(6,7)8;1-3-4-7-5(2)6;1-4(5)3-6-2;1-3(4)5-2/h2-6H,7-8H2,1H3;2-3H2,1H3;3H,1,4H2,2H3;3H2,1-2H3;1-2H3. The average Bonchev–Trinajstić information content (AvgIpc) is 2.83. The van der Waals surface area contributed by atoms with E-state index in [1.54, 1.807) is 0 Å². The van der Waals surface area contributed by atoms with Gasteiger partial charge in [0.2, 0.25) is 0 Å². The van der Waals surface area contributed by atoms with Gasteiger partial charge in [0.05, 0.1) is 13.7 Å². The first kappa shape index (κ1) is 43.6. The summed E-state index contributed by atoms with van der Waals surface area (Å²) >= 11 is 0. The number of Topliss-reactive ketones (excluding diaryl/α,β-unsaturated/α-hetero) is 3. The van der Waals surface area contributed by atoms with E-state index in [1.165, 1.54) is 48.0 Å². The molecular weight excluding hydrogens is 541 g/mol. The van der Waals surface area contributed by atoms with Crippen LogP contribution < -0.4 is 0 Å². The van der Waals surface area contributed by atoms with E-state index in [0.717, 1.165) is 12.5 Å². The third kappa shape index (κ3) is 55.2. The Morgan fingerprint density at radius 3 is 1.50 bits per heavy atom. The molecule has 0 radical (unpaired) electrons. The molecule has 13 heteroatoms. The molecule has 0 saturated heterocycles. The second kappa shape index (κ2) is 30.1. The number of ether oxygens (including phenoxy) is 5. The quantitative estimate of drug-likeness (QED) is 0.278. The van der Waals surface area contributed by atoms with Crippen LogP contribution in [-0.2, 0) is 54.3 Å². The van der Waals surface area contributed by atoms with E-state index in [1.807, 2.05) is 30.3 Å². The summed E-state index contributed by atoms with van der Waals surface area (Å²) in [5.74, 6) is -0.794. The van der Waals surface area contributed by atoms with Crippen LogP contribution in [0, 0.1) is 0 Å². The van der Waals surface area contributed by atoms with Crippen molar-refractivity contribution >= 4 is 29.3 Å². The first-order chi connectivity index (χ1) is 18.5. The van der Waals surface area contributed by atoms with E-state index in [-0.39, 0.29) is 36.7 Å². The molecular formula is C27H41F3O10. The highest BCUT2D eigenvalue weighted by Gasteiger charge is 2.27. The maximum absolute atomic E-state index is 11.3. The third-order valence-electron chi connectivity index (χ3n) is 3.03. The normalized spacial score (nSPS) is 9.25. The summed E-state index contributed by atoms with van der Waals surface area (Å²) in [5.41, 5.74) is 1.10. The van der Waals surface area contributed by atoms with Gasteiger partial charge in [-0.2, -0.15) is 13.2 Å². The van der Waals surface area contributed by atoms with Crippen LogP contribution in [0.15, 0.2) is 43.0 Å². The van der Waals surface area contributed by atoms with Gasteiger partial charge in [-0.25, -0.2) is 0 Å². The van der Waals surface area contributed by atoms with Crippen molar-refractivity contribution in [3.8, 4) is 0 Å². The number of hydrogen-bond donors (Lipinski definition) is 0. The predicted molar refractivity (Wildman–Crippen MR) is 141 cm³/mol. The van der Waals surface area contributed by atoms with Crippen LogP contribution in [0.4, 0.5) is 13.2 Å². The first-order valence-electron chi connectivity index (χ1n) is 11.5. The molecule has 0 fully saturated rings. The van der Waals surface area contributed by atoms with Crippen LogP contribution >= 0.6 is 0 Å². The van der Waals surface area contributed by atoms with E-state index in [4.69, 9.17) is 4.74 Å². The van der Waals surface area contributed by atoms with Crippen molar-refractivity contribution < 1.29 is 60.8 Å². The lowest BCUT2D eigenvalue weighted by Gasteiger charge is -2.04. The summed E-state index contributed by atoms with van der Waals surface area (Å²) in [7, 11) is 2.85. The van der Waals surface area contributed by atoms with Crippen molar-refractivity contribution in [2.24, 2.45) is 0 Å². The molecule has 0 spiro atoms. The zero-order valence-electron chi connectivity index (χ0n) is 24.1. The van der Waals surface area contributed by atoms with Crippen LogP contribution in [0.2, 0.25) is 0 Å². The Morgan fingerprint density at radius 1 is 0.775 bits per heavy atom. The van der Waals surface area contributed by atoms with Crippen LogP contribution in [0.3, 0.4) is 0 Å². The zero-order valence-corrected chi connectivity index (χ0v) is 24.1. The van der Waals surface area contributed by atoms with Crippen molar-refractivity contribution in [1.29, 1.82) is 0 Å². The Labute approximate surface area is 233 Å². The third-order valence-corrected chi connectivity index (χ3v) is 3.03. The number of esters is 2. The molecule has 0 saturated carbocycles.